The second-order valence-electron chi connectivity index (χ2n) is 4.37. The predicted octanol–water partition coefficient (Wildman–Crippen LogP) is 3.47. The molecule has 0 unspecified atom stereocenters. The van der Waals surface area contributed by atoms with Crippen LogP contribution in [0.25, 0.3) is 0 Å². The largest absolute Gasteiger partial charge is 0.496 e. The lowest BCUT2D eigenvalue weighted by atomic mass is 10.1. The molecule has 0 aromatic carbocycles. The summed E-state index contributed by atoms with van der Waals surface area (Å²) in [6.07, 6.45) is 8.60. The van der Waals surface area contributed by atoms with Crippen LogP contribution in [0.15, 0.2) is 15.5 Å². The first kappa shape index (κ1) is 13.8. The highest BCUT2D eigenvalue weighted by Crippen LogP contribution is 2.22. The fourth-order valence-electron chi connectivity index (χ4n) is 1.98. The molecule has 0 aliphatic carbocycles. The molecule has 17 heavy (non-hydrogen) atoms. The van der Waals surface area contributed by atoms with Crippen molar-refractivity contribution < 1.29 is 9.15 Å². The molecule has 0 aliphatic rings. The third-order valence-corrected chi connectivity index (χ3v) is 3.00. The molecule has 0 saturated heterocycles. The summed E-state index contributed by atoms with van der Waals surface area (Å²) in [4.78, 5) is 11.3. The molecule has 0 saturated carbocycles. The first-order valence-electron chi connectivity index (χ1n) is 6.36. The highest BCUT2D eigenvalue weighted by atomic mass is 16.5. The molecule has 0 radical (unpaired) electrons. The zero-order valence-corrected chi connectivity index (χ0v) is 11.0. The topological polar surface area (TPSA) is 39.4 Å². The van der Waals surface area contributed by atoms with Gasteiger partial charge in [0.2, 0.25) is 0 Å². The summed E-state index contributed by atoms with van der Waals surface area (Å²) in [5.74, 6) is 0.691. The Balaban J connectivity index is 2.59. The van der Waals surface area contributed by atoms with Crippen molar-refractivity contribution in [2.45, 2.75) is 52.4 Å². The predicted molar refractivity (Wildman–Crippen MR) is 68.7 cm³/mol. The Hall–Kier alpha value is -1.25. The van der Waals surface area contributed by atoms with Gasteiger partial charge in [0, 0.05) is 5.56 Å². The molecule has 1 aromatic heterocycles. The van der Waals surface area contributed by atoms with E-state index in [1.165, 1.54) is 31.9 Å². The fourth-order valence-corrected chi connectivity index (χ4v) is 1.98. The highest BCUT2D eigenvalue weighted by Gasteiger charge is 2.10. The van der Waals surface area contributed by atoms with Gasteiger partial charge in [-0.3, -0.25) is 0 Å². The van der Waals surface area contributed by atoms with Crippen molar-refractivity contribution in [1.29, 1.82) is 0 Å². The van der Waals surface area contributed by atoms with E-state index in [9.17, 15) is 4.79 Å². The molecule has 1 rings (SSSR count). The van der Waals surface area contributed by atoms with Crippen LogP contribution in [0.5, 0.6) is 5.75 Å². The first-order valence-corrected chi connectivity index (χ1v) is 6.36. The second-order valence-corrected chi connectivity index (χ2v) is 4.37. The van der Waals surface area contributed by atoms with Crippen LogP contribution < -0.4 is 10.4 Å². The minimum atomic E-state index is -0.309. The number of aryl methyl sites for hydroxylation is 1. The Morgan fingerprint density at radius 3 is 2.59 bits per heavy atom. The summed E-state index contributed by atoms with van der Waals surface area (Å²) >= 11 is 0. The zero-order valence-electron chi connectivity index (χ0n) is 11.0. The molecule has 96 valence electrons. The molecule has 0 N–H and O–H groups in total. The quantitative estimate of drug-likeness (QED) is 0.683. The summed E-state index contributed by atoms with van der Waals surface area (Å²) in [5, 5.41) is 0. The van der Waals surface area contributed by atoms with Crippen molar-refractivity contribution >= 4 is 0 Å². The van der Waals surface area contributed by atoms with E-state index in [2.05, 4.69) is 6.92 Å². The van der Waals surface area contributed by atoms with E-state index >= 15 is 0 Å². The second kappa shape index (κ2) is 7.15. The van der Waals surface area contributed by atoms with Gasteiger partial charge >= 0.3 is 5.63 Å². The van der Waals surface area contributed by atoms with E-state index in [-0.39, 0.29) is 5.63 Å². The van der Waals surface area contributed by atoms with Crippen LogP contribution in [0.4, 0.5) is 0 Å². The maximum absolute atomic E-state index is 11.3. The van der Waals surface area contributed by atoms with Crippen LogP contribution in [0, 0.1) is 6.92 Å². The van der Waals surface area contributed by atoms with Gasteiger partial charge in [0.1, 0.15) is 12.0 Å². The van der Waals surface area contributed by atoms with Crippen molar-refractivity contribution in [2.24, 2.45) is 0 Å². The normalized spacial score (nSPS) is 10.5. The van der Waals surface area contributed by atoms with Gasteiger partial charge in [-0.25, -0.2) is 4.79 Å². The molecule has 1 aromatic rings. The zero-order chi connectivity index (χ0) is 12.7. The maximum atomic E-state index is 11.3. The fraction of sp³-hybridized carbons (Fsp3) is 0.643. The van der Waals surface area contributed by atoms with Gasteiger partial charge in [-0.15, -0.1) is 0 Å². The van der Waals surface area contributed by atoms with Crippen molar-refractivity contribution in [1.82, 2.24) is 0 Å². The number of unbranched alkanes of at least 4 members (excludes halogenated alkanes) is 4. The molecular weight excluding hydrogens is 216 g/mol. The van der Waals surface area contributed by atoms with Gasteiger partial charge < -0.3 is 9.15 Å². The lowest BCUT2D eigenvalue weighted by molar-refractivity contribution is 0.388. The number of ether oxygens (including phenoxy) is 1. The first-order chi connectivity index (χ1) is 8.20. The van der Waals surface area contributed by atoms with Crippen LogP contribution in [0.1, 0.15) is 50.2 Å². The smallest absolute Gasteiger partial charge is 0.342 e. The monoisotopic (exact) mass is 238 g/mol. The van der Waals surface area contributed by atoms with E-state index in [4.69, 9.17) is 9.15 Å². The van der Waals surface area contributed by atoms with Gasteiger partial charge in [-0.1, -0.05) is 32.6 Å². The molecular formula is C14H22O3. The van der Waals surface area contributed by atoms with Gasteiger partial charge in [0.05, 0.1) is 12.7 Å². The van der Waals surface area contributed by atoms with Crippen LogP contribution in [0.2, 0.25) is 0 Å². The highest BCUT2D eigenvalue weighted by molar-refractivity contribution is 5.36. The molecule has 0 spiro atoms. The van der Waals surface area contributed by atoms with E-state index in [0.717, 1.165) is 18.4 Å². The Bertz CT molecular complexity index is 393. The summed E-state index contributed by atoms with van der Waals surface area (Å²) in [5.41, 5.74) is 1.26. The molecule has 0 fully saturated rings. The SMILES string of the molecule is CCCCCCCc1coc(=O)c(C)c1OC. The van der Waals surface area contributed by atoms with Crippen molar-refractivity contribution in [2.75, 3.05) is 7.11 Å². The summed E-state index contributed by atoms with van der Waals surface area (Å²) in [7, 11) is 1.60. The molecule has 1 heterocycles. The standard InChI is InChI=1S/C14H22O3/c1-4-5-6-7-8-9-12-10-17-14(15)11(2)13(12)16-3/h10H,4-9H2,1-3H3. The van der Waals surface area contributed by atoms with Gasteiger partial charge in [-0.05, 0) is 19.8 Å². The molecule has 3 heteroatoms. The van der Waals surface area contributed by atoms with Crippen molar-refractivity contribution in [3.8, 4) is 5.75 Å². The third kappa shape index (κ3) is 3.91. The average Bonchev–Trinajstić information content (AvgIpc) is 2.33. The average molecular weight is 238 g/mol. The minimum absolute atomic E-state index is 0.309. The number of methoxy groups -OCH3 is 1. The Morgan fingerprint density at radius 2 is 1.94 bits per heavy atom. The van der Waals surface area contributed by atoms with Gasteiger partial charge in [0.25, 0.3) is 0 Å². The molecule has 0 aliphatic heterocycles. The Labute approximate surface area is 103 Å². The van der Waals surface area contributed by atoms with Crippen LogP contribution in [0.3, 0.4) is 0 Å². The van der Waals surface area contributed by atoms with Gasteiger partial charge in [0.15, 0.2) is 0 Å². The summed E-state index contributed by atoms with van der Waals surface area (Å²) < 4.78 is 10.2. The Kier molecular flexibility index (Phi) is 5.81. The van der Waals surface area contributed by atoms with E-state index in [0.29, 0.717) is 11.3 Å². The van der Waals surface area contributed by atoms with E-state index in [1.54, 1.807) is 14.0 Å². The van der Waals surface area contributed by atoms with Crippen molar-refractivity contribution in [3.63, 3.8) is 0 Å². The minimum Gasteiger partial charge on any atom is -0.496 e. The lowest BCUT2D eigenvalue weighted by Crippen LogP contribution is -2.07. The number of hydrogen-bond donors (Lipinski definition) is 0. The van der Waals surface area contributed by atoms with E-state index < -0.39 is 0 Å². The van der Waals surface area contributed by atoms with Crippen LogP contribution in [-0.4, -0.2) is 7.11 Å². The van der Waals surface area contributed by atoms with E-state index in [1.807, 2.05) is 0 Å². The lowest BCUT2D eigenvalue weighted by Gasteiger charge is -2.09. The molecule has 3 nitrogen and oxygen atoms in total. The molecule has 0 bridgehead atoms. The van der Waals surface area contributed by atoms with Gasteiger partial charge in [-0.2, -0.15) is 0 Å². The Morgan fingerprint density at radius 1 is 1.24 bits per heavy atom. The van der Waals surface area contributed by atoms with Crippen molar-refractivity contribution in [3.05, 3.63) is 27.8 Å². The summed E-state index contributed by atoms with van der Waals surface area (Å²) in [6, 6.07) is 0. The third-order valence-electron chi connectivity index (χ3n) is 3.00. The molecule has 0 atom stereocenters. The number of hydrogen-bond acceptors (Lipinski definition) is 3. The molecule has 0 amide bonds. The maximum Gasteiger partial charge on any atom is 0.342 e. The van der Waals surface area contributed by atoms with Crippen LogP contribution in [-0.2, 0) is 6.42 Å². The number of rotatable bonds is 7. The summed E-state index contributed by atoms with van der Waals surface area (Å²) in [6.45, 7) is 3.95. The van der Waals surface area contributed by atoms with Crippen LogP contribution >= 0.6 is 0 Å².